The number of carboxylic acid groups (broad SMARTS) is 1. The lowest BCUT2D eigenvalue weighted by Gasteiger charge is -2.13. The molecule has 4 N–H and O–H groups in total. The third-order valence-electron chi connectivity index (χ3n) is 1.98. The number of ether oxygens (including phenoxy) is 1. The second kappa shape index (κ2) is 9.11. The van der Waals surface area contributed by atoms with Crippen molar-refractivity contribution in [3.63, 3.8) is 0 Å². The SMILES string of the molecule is CCCC[C@H](NC(=O)COCCN)C(=O)O. The molecule has 0 unspecified atom stereocenters. The highest BCUT2D eigenvalue weighted by atomic mass is 16.5. The van der Waals surface area contributed by atoms with Crippen molar-refractivity contribution in [2.45, 2.75) is 32.2 Å². The molecule has 0 aromatic carbocycles. The summed E-state index contributed by atoms with van der Waals surface area (Å²) < 4.78 is 4.90. The van der Waals surface area contributed by atoms with Gasteiger partial charge in [0.05, 0.1) is 6.61 Å². The molecule has 0 aromatic rings. The monoisotopic (exact) mass is 232 g/mol. The summed E-state index contributed by atoms with van der Waals surface area (Å²) in [4.78, 5) is 22.1. The Balaban J connectivity index is 3.88. The van der Waals surface area contributed by atoms with Crippen LogP contribution in [0.25, 0.3) is 0 Å². The van der Waals surface area contributed by atoms with E-state index in [0.717, 1.165) is 12.8 Å². The lowest BCUT2D eigenvalue weighted by Crippen LogP contribution is -2.42. The fraction of sp³-hybridized carbons (Fsp3) is 0.800. The van der Waals surface area contributed by atoms with Crippen LogP contribution >= 0.6 is 0 Å². The van der Waals surface area contributed by atoms with Gasteiger partial charge < -0.3 is 20.9 Å². The summed E-state index contributed by atoms with van der Waals surface area (Å²) in [5, 5.41) is 11.3. The minimum absolute atomic E-state index is 0.146. The average Bonchev–Trinajstić information content (AvgIpc) is 2.24. The smallest absolute Gasteiger partial charge is 0.326 e. The number of nitrogens with one attached hydrogen (secondary N) is 1. The third-order valence-corrected chi connectivity index (χ3v) is 1.98. The fourth-order valence-electron chi connectivity index (χ4n) is 1.15. The normalized spacial score (nSPS) is 12.1. The number of carbonyl (C=O) groups excluding carboxylic acids is 1. The van der Waals surface area contributed by atoms with Gasteiger partial charge in [-0.1, -0.05) is 19.8 Å². The molecular formula is C10H20N2O4. The van der Waals surface area contributed by atoms with Crippen LogP contribution in [0.2, 0.25) is 0 Å². The Morgan fingerprint density at radius 3 is 2.69 bits per heavy atom. The van der Waals surface area contributed by atoms with E-state index in [1.807, 2.05) is 6.92 Å². The molecule has 0 bridgehead atoms. The molecule has 0 rings (SSSR count). The van der Waals surface area contributed by atoms with Crippen molar-refractivity contribution >= 4 is 11.9 Å². The van der Waals surface area contributed by atoms with Crippen LogP contribution in [0.4, 0.5) is 0 Å². The standard InChI is InChI=1S/C10H20N2O4/c1-2-3-4-8(10(14)15)12-9(13)7-16-6-5-11/h8H,2-7,11H2,1H3,(H,12,13)(H,14,15)/t8-/m0/s1. The summed E-state index contributed by atoms with van der Waals surface area (Å²) >= 11 is 0. The van der Waals surface area contributed by atoms with Gasteiger partial charge in [0.2, 0.25) is 5.91 Å². The molecule has 16 heavy (non-hydrogen) atoms. The molecule has 0 radical (unpaired) electrons. The molecule has 0 heterocycles. The highest BCUT2D eigenvalue weighted by Gasteiger charge is 2.18. The highest BCUT2D eigenvalue weighted by molar-refractivity contribution is 5.84. The first-order valence-electron chi connectivity index (χ1n) is 5.41. The van der Waals surface area contributed by atoms with E-state index in [0.29, 0.717) is 19.6 Å². The van der Waals surface area contributed by atoms with E-state index < -0.39 is 17.9 Å². The van der Waals surface area contributed by atoms with Crippen LogP contribution in [0.5, 0.6) is 0 Å². The zero-order chi connectivity index (χ0) is 12.4. The van der Waals surface area contributed by atoms with Gasteiger partial charge in [0, 0.05) is 6.54 Å². The van der Waals surface area contributed by atoms with Gasteiger partial charge >= 0.3 is 5.97 Å². The number of hydrogen-bond donors (Lipinski definition) is 3. The Morgan fingerprint density at radius 2 is 2.19 bits per heavy atom. The van der Waals surface area contributed by atoms with E-state index in [4.69, 9.17) is 15.6 Å². The predicted molar refractivity (Wildman–Crippen MR) is 59.0 cm³/mol. The average molecular weight is 232 g/mol. The van der Waals surface area contributed by atoms with E-state index in [9.17, 15) is 9.59 Å². The molecule has 1 atom stereocenters. The van der Waals surface area contributed by atoms with Gasteiger partial charge in [0.25, 0.3) is 0 Å². The van der Waals surface area contributed by atoms with Crippen LogP contribution in [0.15, 0.2) is 0 Å². The van der Waals surface area contributed by atoms with Gasteiger partial charge in [-0.15, -0.1) is 0 Å². The number of nitrogens with two attached hydrogens (primary N) is 1. The molecule has 0 aliphatic rings. The van der Waals surface area contributed by atoms with E-state index in [1.165, 1.54) is 0 Å². The lowest BCUT2D eigenvalue weighted by atomic mass is 10.1. The van der Waals surface area contributed by atoms with Gasteiger partial charge in [-0.2, -0.15) is 0 Å². The molecule has 0 saturated heterocycles. The number of amides is 1. The van der Waals surface area contributed by atoms with Crippen LogP contribution in [-0.2, 0) is 14.3 Å². The lowest BCUT2D eigenvalue weighted by molar-refractivity contribution is -0.142. The molecule has 94 valence electrons. The van der Waals surface area contributed by atoms with Gasteiger partial charge in [0.15, 0.2) is 0 Å². The summed E-state index contributed by atoms with van der Waals surface area (Å²) in [6, 6.07) is -0.825. The van der Waals surface area contributed by atoms with Crippen LogP contribution < -0.4 is 11.1 Å². The number of rotatable bonds is 9. The minimum atomic E-state index is -1.01. The second-order valence-electron chi connectivity index (χ2n) is 3.44. The van der Waals surface area contributed by atoms with E-state index in [-0.39, 0.29) is 6.61 Å². The van der Waals surface area contributed by atoms with Gasteiger partial charge in [-0.25, -0.2) is 4.79 Å². The topological polar surface area (TPSA) is 102 Å². The number of hydrogen-bond acceptors (Lipinski definition) is 4. The van der Waals surface area contributed by atoms with Crippen molar-refractivity contribution in [3.05, 3.63) is 0 Å². The van der Waals surface area contributed by atoms with Crippen molar-refractivity contribution < 1.29 is 19.4 Å². The quantitative estimate of drug-likeness (QED) is 0.475. The Labute approximate surface area is 95.1 Å². The van der Waals surface area contributed by atoms with Crippen LogP contribution in [0, 0.1) is 0 Å². The maximum Gasteiger partial charge on any atom is 0.326 e. The van der Waals surface area contributed by atoms with Gasteiger partial charge in [-0.05, 0) is 6.42 Å². The maximum absolute atomic E-state index is 11.3. The summed E-state index contributed by atoms with van der Waals surface area (Å²) in [7, 11) is 0. The molecule has 0 aliphatic carbocycles. The van der Waals surface area contributed by atoms with Crippen molar-refractivity contribution in [2.24, 2.45) is 5.73 Å². The summed E-state index contributed by atoms with van der Waals surface area (Å²) in [5.74, 6) is -1.43. The summed E-state index contributed by atoms with van der Waals surface area (Å²) in [5.41, 5.74) is 5.18. The highest BCUT2D eigenvalue weighted by Crippen LogP contribution is 2.00. The first kappa shape index (κ1) is 14.9. The Bertz CT molecular complexity index is 221. The fourth-order valence-corrected chi connectivity index (χ4v) is 1.15. The largest absolute Gasteiger partial charge is 0.480 e. The number of unbranched alkanes of at least 4 members (excludes halogenated alkanes) is 1. The van der Waals surface area contributed by atoms with Gasteiger partial charge in [-0.3, -0.25) is 4.79 Å². The Hall–Kier alpha value is -1.14. The van der Waals surface area contributed by atoms with Gasteiger partial charge in [0.1, 0.15) is 12.6 Å². The van der Waals surface area contributed by atoms with Crippen LogP contribution in [0.1, 0.15) is 26.2 Å². The number of carboxylic acids is 1. The van der Waals surface area contributed by atoms with Crippen molar-refractivity contribution in [1.29, 1.82) is 0 Å². The molecule has 0 saturated carbocycles. The molecule has 1 amide bonds. The van der Waals surface area contributed by atoms with E-state index >= 15 is 0 Å². The first-order chi connectivity index (χ1) is 7.61. The molecule has 0 aliphatic heterocycles. The van der Waals surface area contributed by atoms with Crippen molar-refractivity contribution in [1.82, 2.24) is 5.32 Å². The zero-order valence-corrected chi connectivity index (χ0v) is 9.57. The molecule has 0 spiro atoms. The zero-order valence-electron chi connectivity index (χ0n) is 9.57. The van der Waals surface area contributed by atoms with Crippen molar-refractivity contribution in [2.75, 3.05) is 19.8 Å². The molecule has 0 fully saturated rings. The summed E-state index contributed by atoms with van der Waals surface area (Å²) in [6.45, 7) is 2.45. The van der Waals surface area contributed by atoms with Crippen LogP contribution in [0.3, 0.4) is 0 Å². The third kappa shape index (κ3) is 7.19. The molecule has 6 nitrogen and oxygen atoms in total. The van der Waals surface area contributed by atoms with Crippen molar-refractivity contribution in [3.8, 4) is 0 Å². The number of aliphatic carboxylic acids is 1. The van der Waals surface area contributed by atoms with E-state index in [1.54, 1.807) is 0 Å². The predicted octanol–water partition coefficient (Wildman–Crippen LogP) is -0.279. The van der Waals surface area contributed by atoms with E-state index in [2.05, 4.69) is 5.32 Å². The molecular weight excluding hydrogens is 212 g/mol. The molecule has 6 heteroatoms. The van der Waals surface area contributed by atoms with Crippen LogP contribution in [-0.4, -0.2) is 42.8 Å². The second-order valence-corrected chi connectivity index (χ2v) is 3.44. The first-order valence-corrected chi connectivity index (χ1v) is 5.41. The Morgan fingerprint density at radius 1 is 1.50 bits per heavy atom. The minimum Gasteiger partial charge on any atom is -0.480 e. The summed E-state index contributed by atoms with van der Waals surface area (Å²) in [6.07, 6.45) is 2.10. The maximum atomic E-state index is 11.3. The number of carbonyl (C=O) groups is 2. The molecule has 0 aromatic heterocycles. The Kier molecular flexibility index (Phi) is 8.46.